The van der Waals surface area contributed by atoms with Gasteiger partial charge in [-0.05, 0) is 61.9 Å². The molecule has 1 aromatic rings. The molecule has 1 aromatic carbocycles. The fourth-order valence-electron chi connectivity index (χ4n) is 3.53. The fraction of sp³-hybridized carbons (Fsp3) is 0.667. The third-order valence-electron chi connectivity index (χ3n) is 4.68. The monoisotopic (exact) mass is 293 g/mol. The zero-order valence-corrected chi connectivity index (χ0v) is 13.9. The van der Waals surface area contributed by atoms with E-state index in [1.807, 2.05) is 0 Å². The van der Waals surface area contributed by atoms with Crippen molar-refractivity contribution in [2.75, 3.05) is 6.54 Å². The second-order valence-corrected chi connectivity index (χ2v) is 6.65. The number of hydrogen-bond acceptors (Lipinski definition) is 1. The first-order chi connectivity index (χ1) is 9.63. The SMILES string of the molecule is CCNC(c1cc(C)c(Cl)cc1C)C1CCCCCC1. The summed E-state index contributed by atoms with van der Waals surface area (Å²) in [5, 5.41) is 4.63. The van der Waals surface area contributed by atoms with Gasteiger partial charge >= 0.3 is 0 Å². The average molecular weight is 294 g/mol. The summed E-state index contributed by atoms with van der Waals surface area (Å²) < 4.78 is 0. The standard InChI is InChI=1S/C18H28ClN/c1-4-20-18(15-9-7-5-6-8-10-15)16-11-14(3)17(19)12-13(16)2/h11-12,15,18,20H,4-10H2,1-3H3. The Bertz CT molecular complexity index is 433. The summed E-state index contributed by atoms with van der Waals surface area (Å²) in [6.07, 6.45) is 8.32. The van der Waals surface area contributed by atoms with Crippen LogP contribution in [0.3, 0.4) is 0 Å². The van der Waals surface area contributed by atoms with Crippen LogP contribution >= 0.6 is 11.6 Å². The molecule has 1 fully saturated rings. The lowest BCUT2D eigenvalue weighted by molar-refractivity contribution is 0.329. The number of nitrogens with one attached hydrogen (secondary N) is 1. The van der Waals surface area contributed by atoms with Crippen LogP contribution in [0, 0.1) is 19.8 Å². The van der Waals surface area contributed by atoms with E-state index in [2.05, 4.69) is 38.2 Å². The summed E-state index contributed by atoms with van der Waals surface area (Å²) in [6, 6.07) is 4.93. The van der Waals surface area contributed by atoms with Gasteiger partial charge in [-0.1, -0.05) is 50.3 Å². The molecule has 1 N–H and O–H groups in total. The van der Waals surface area contributed by atoms with Gasteiger partial charge in [-0.15, -0.1) is 0 Å². The molecular formula is C18H28ClN. The number of rotatable bonds is 4. The number of benzene rings is 1. The van der Waals surface area contributed by atoms with Gasteiger partial charge in [-0.3, -0.25) is 0 Å². The van der Waals surface area contributed by atoms with Crippen LogP contribution in [0.2, 0.25) is 5.02 Å². The van der Waals surface area contributed by atoms with E-state index in [-0.39, 0.29) is 0 Å². The van der Waals surface area contributed by atoms with E-state index < -0.39 is 0 Å². The molecule has 0 spiro atoms. The predicted molar refractivity (Wildman–Crippen MR) is 88.5 cm³/mol. The summed E-state index contributed by atoms with van der Waals surface area (Å²) in [5.41, 5.74) is 3.99. The second-order valence-electron chi connectivity index (χ2n) is 6.24. The van der Waals surface area contributed by atoms with Gasteiger partial charge in [0.2, 0.25) is 0 Å². The van der Waals surface area contributed by atoms with Gasteiger partial charge in [0.15, 0.2) is 0 Å². The van der Waals surface area contributed by atoms with Gasteiger partial charge in [-0.2, -0.15) is 0 Å². The van der Waals surface area contributed by atoms with Crippen molar-refractivity contribution in [2.45, 2.75) is 65.3 Å². The first-order valence-corrected chi connectivity index (χ1v) is 8.51. The molecule has 2 heteroatoms. The summed E-state index contributed by atoms with van der Waals surface area (Å²) in [5.74, 6) is 0.775. The van der Waals surface area contributed by atoms with Crippen LogP contribution in [0.15, 0.2) is 12.1 Å². The molecular weight excluding hydrogens is 266 g/mol. The second kappa shape index (κ2) is 7.47. The normalized spacial score (nSPS) is 18.8. The van der Waals surface area contributed by atoms with E-state index in [1.165, 1.54) is 55.2 Å². The van der Waals surface area contributed by atoms with Crippen LogP contribution in [0.5, 0.6) is 0 Å². The molecule has 0 saturated heterocycles. The smallest absolute Gasteiger partial charge is 0.0438 e. The van der Waals surface area contributed by atoms with Crippen LogP contribution in [-0.2, 0) is 0 Å². The van der Waals surface area contributed by atoms with E-state index in [0.29, 0.717) is 6.04 Å². The summed E-state index contributed by atoms with van der Waals surface area (Å²) in [7, 11) is 0. The third kappa shape index (κ3) is 3.77. The van der Waals surface area contributed by atoms with Crippen LogP contribution in [-0.4, -0.2) is 6.54 Å². The lowest BCUT2D eigenvalue weighted by Gasteiger charge is -2.29. The summed E-state index contributed by atoms with van der Waals surface area (Å²) in [6.45, 7) is 7.55. The lowest BCUT2D eigenvalue weighted by atomic mass is 9.84. The lowest BCUT2D eigenvalue weighted by Crippen LogP contribution is -2.29. The van der Waals surface area contributed by atoms with Crippen molar-refractivity contribution in [2.24, 2.45) is 5.92 Å². The van der Waals surface area contributed by atoms with Gasteiger partial charge in [0, 0.05) is 11.1 Å². The van der Waals surface area contributed by atoms with Gasteiger partial charge in [0.05, 0.1) is 0 Å². The number of halogens is 1. The minimum Gasteiger partial charge on any atom is -0.310 e. The van der Waals surface area contributed by atoms with Gasteiger partial charge in [0.1, 0.15) is 0 Å². The first-order valence-electron chi connectivity index (χ1n) is 8.13. The Morgan fingerprint density at radius 2 is 1.75 bits per heavy atom. The minimum atomic E-state index is 0.495. The molecule has 0 amide bonds. The Kier molecular flexibility index (Phi) is 5.92. The van der Waals surface area contributed by atoms with Crippen LogP contribution in [0.25, 0.3) is 0 Å². The number of hydrogen-bond donors (Lipinski definition) is 1. The van der Waals surface area contributed by atoms with Crippen molar-refractivity contribution in [1.29, 1.82) is 0 Å². The molecule has 112 valence electrons. The van der Waals surface area contributed by atoms with Crippen molar-refractivity contribution < 1.29 is 0 Å². The molecule has 0 heterocycles. The Hall–Kier alpha value is -0.530. The van der Waals surface area contributed by atoms with Crippen molar-refractivity contribution in [3.8, 4) is 0 Å². The maximum absolute atomic E-state index is 6.26. The highest BCUT2D eigenvalue weighted by Gasteiger charge is 2.25. The van der Waals surface area contributed by atoms with Crippen molar-refractivity contribution in [1.82, 2.24) is 5.32 Å². The molecule has 1 aliphatic rings. The quantitative estimate of drug-likeness (QED) is 0.715. The molecule has 1 nitrogen and oxygen atoms in total. The summed E-state index contributed by atoms with van der Waals surface area (Å²) in [4.78, 5) is 0. The highest BCUT2D eigenvalue weighted by molar-refractivity contribution is 6.31. The highest BCUT2D eigenvalue weighted by atomic mass is 35.5. The topological polar surface area (TPSA) is 12.0 Å². The summed E-state index contributed by atoms with van der Waals surface area (Å²) >= 11 is 6.26. The molecule has 0 aromatic heterocycles. The Morgan fingerprint density at radius 3 is 2.35 bits per heavy atom. The Morgan fingerprint density at radius 1 is 1.10 bits per heavy atom. The van der Waals surface area contributed by atoms with Gasteiger partial charge < -0.3 is 5.32 Å². The van der Waals surface area contributed by atoms with E-state index in [1.54, 1.807) is 0 Å². The fourth-order valence-corrected chi connectivity index (χ4v) is 3.75. The Labute approximate surface area is 129 Å². The maximum Gasteiger partial charge on any atom is 0.0438 e. The van der Waals surface area contributed by atoms with Gasteiger partial charge in [-0.25, -0.2) is 0 Å². The first kappa shape index (κ1) is 15.9. The van der Waals surface area contributed by atoms with Crippen LogP contribution in [0.4, 0.5) is 0 Å². The molecule has 20 heavy (non-hydrogen) atoms. The number of aryl methyl sites for hydroxylation is 2. The van der Waals surface area contributed by atoms with Crippen molar-refractivity contribution >= 4 is 11.6 Å². The van der Waals surface area contributed by atoms with E-state index in [0.717, 1.165) is 17.5 Å². The van der Waals surface area contributed by atoms with Crippen molar-refractivity contribution in [3.05, 3.63) is 33.8 Å². The molecule has 0 radical (unpaired) electrons. The molecule has 1 atom stereocenters. The van der Waals surface area contributed by atoms with E-state index in [4.69, 9.17) is 11.6 Å². The molecule has 1 saturated carbocycles. The third-order valence-corrected chi connectivity index (χ3v) is 5.08. The van der Waals surface area contributed by atoms with E-state index >= 15 is 0 Å². The molecule has 1 aliphatic carbocycles. The highest BCUT2D eigenvalue weighted by Crippen LogP contribution is 2.36. The van der Waals surface area contributed by atoms with Crippen LogP contribution in [0.1, 0.15) is 68.2 Å². The largest absolute Gasteiger partial charge is 0.310 e. The maximum atomic E-state index is 6.26. The average Bonchev–Trinajstić information content (AvgIpc) is 2.69. The molecule has 0 bridgehead atoms. The van der Waals surface area contributed by atoms with Crippen molar-refractivity contribution in [3.63, 3.8) is 0 Å². The molecule has 0 aliphatic heterocycles. The Balaban J connectivity index is 2.29. The zero-order chi connectivity index (χ0) is 14.5. The molecule has 2 rings (SSSR count). The molecule has 1 unspecified atom stereocenters. The van der Waals surface area contributed by atoms with Gasteiger partial charge in [0.25, 0.3) is 0 Å². The van der Waals surface area contributed by atoms with Crippen LogP contribution < -0.4 is 5.32 Å². The zero-order valence-electron chi connectivity index (χ0n) is 13.1. The minimum absolute atomic E-state index is 0.495. The van der Waals surface area contributed by atoms with E-state index in [9.17, 15) is 0 Å². The predicted octanol–water partition coefficient (Wildman–Crippen LogP) is 5.58.